The van der Waals surface area contributed by atoms with Crippen LogP contribution < -0.4 is 5.32 Å². The van der Waals surface area contributed by atoms with Gasteiger partial charge in [0.1, 0.15) is 0 Å². The first-order valence-electron chi connectivity index (χ1n) is 6.67. The maximum absolute atomic E-state index is 9.01. The molecule has 2 heterocycles. The molecular weight excluding hydrogens is 250 g/mol. The average Bonchev–Trinajstić information content (AvgIpc) is 2.92. The highest BCUT2D eigenvalue weighted by Gasteiger charge is 2.02. The second kappa shape index (κ2) is 5.86. The van der Waals surface area contributed by atoms with Crippen LogP contribution in [0.4, 0.5) is 0 Å². The van der Waals surface area contributed by atoms with Crippen molar-refractivity contribution in [3.63, 3.8) is 0 Å². The second-order valence-corrected chi connectivity index (χ2v) is 4.78. The van der Waals surface area contributed by atoms with Crippen LogP contribution in [0.1, 0.15) is 16.7 Å². The summed E-state index contributed by atoms with van der Waals surface area (Å²) in [6.07, 6.45) is 3.85. The molecule has 3 rings (SSSR count). The summed E-state index contributed by atoms with van der Waals surface area (Å²) in [7, 11) is 0. The van der Waals surface area contributed by atoms with E-state index in [0.29, 0.717) is 0 Å². The summed E-state index contributed by atoms with van der Waals surface area (Å²) in [5, 5.41) is 16.7. The van der Waals surface area contributed by atoms with Crippen molar-refractivity contribution >= 4 is 5.52 Å². The van der Waals surface area contributed by atoms with E-state index >= 15 is 0 Å². The number of rotatable bonds is 5. The smallest absolute Gasteiger partial charge is 0.0706 e. The van der Waals surface area contributed by atoms with Crippen LogP contribution in [0.3, 0.4) is 0 Å². The van der Waals surface area contributed by atoms with E-state index in [9.17, 15) is 0 Å². The molecule has 0 aliphatic carbocycles. The first-order valence-corrected chi connectivity index (χ1v) is 6.67. The van der Waals surface area contributed by atoms with Crippen molar-refractivity contribution in [2.24, 2.45) is 0 Å². The van der Waals surface area contributed by atoms with Gasteiger partial charge in [0.25, 0.3) is 0 Å². The molecule has 3 aromatic rings. The molecule has 0 aliphatic heterocycles. The Labute approximate surface area is 117 Å². The van der Waals surface area contributed by atoms with Gasteiger partial charge in [0.2, 0.25) is 0 Å². The molecule has 0 aliphatic rings. The summed E-state index contributed by atoms with van der Waals surface area (Å²) in [6, 6.07) is 14.0. The first-order chi connectivity index (χ1) is 9.86. The van der Waals surface area contributed by atoms with Gasteiger partial charge < -0.3 is 10.4 Å². The fourth-order valence-electron chi connectivity index (χ4n) is 2.23. The third kappa shape index (κ3) is 2.71. The third-order valence-corrected chi connectivity index (χ3v) is 3.36. The van der Waals surface area contributed by atoms with Crippen molar-refractivity contribution in [3.8, 4) is 0 Å². The Morgan fingerprint density at radius 2 is 1.80 bits per heavy atom. The zero-order valence-electron chi connectivity index (χ0n) is 11.2. The fourth-order valence-corrected chi connectivity index (χ4v) is 2.23. The number of aliphatic hydroxyl groups is 1. The Morgan fingerprint density at radius 1 is 1.00 bits per heavy atom. The molecule has 2 aromatic heterocycles. The molecule has 4 nitrogen and oxygen atoms in total. The van der Waals surface area contributed by atoms with E-state index in [1.807, 2.05) is 53.3 Å². The maximum Gasteiger partial charge on any atom is 0.0706 e. The molecule has 0 unspecified atom stereocenters. The molecule has 0 saturated carbocycles. The second-order valence-electron chi connectivity index (χ2n) is 4.78. The monoisotopic (exact) mass is 267 g/mol. The minimum atomic E-state index is 0.0934. The fraction of sp³-hybridized carbons (Fsp3) is 0.188. The van der Waals surface area contributed by atoms with Gasteiger partial charge >= 0.3 is 0 Å². The Kier molecular flexibility index (Phi) is 3.76. The van der Waals surface area contributed by atoms with Gasteiger partial charge in [-0.3, -0.25) is 0 Å². The molecule has 20 heavy (non-hydrogen) atoms. The van der Waals surface area contributed by atoms with Crippen LogP contribution in [-0.4, -0.2) is 14.7 Å². The van der Waals surface area contributed by atoms with E-state index in [1.54, 1.807) is 0 Å². The van der Waals surface area contributed by atoms with Gasteiger partial charge in [-0.05, 0) is 23.3 Å². The number of pyridine rings is 1. The highest BCUT2D eigenvalue weighted by molar-refractivity contribution is 5.53. The average molecular weight is 267 g/mol. The SMILES string of the molecule is OCc1ccc(CNCc2cnn3ccccc23)cc1. The number of fused-ring (bicyclic) bond motifs is 1. The van der Waals surface area contributed by atoms with Gasteiger partial charge in [0, 0.05) is 24.8 Å². The van der Waals surface area contributed by atoms with Crippen molar-refractivity contribution in [1.29, 1.82) is 0 Å². The summed E-state index contributed by atoms with van der Waals surface area (Å²) in [6.45, 7) is 1.68. The van der Waals surface area contributed by atoms with Crippen LogP contribution in [0, 0.1) is 0 Å². The number of aliphatic hydroxyl groups excluding tert-OH is 1. The number of nitrogens with one attached hydrogen (secondary N) is 1. The minimum Gasteiger partial charge on any atom is -0.392 e. The Bertz CT molecular complexity index is 688. The molecule has 0 radical (unpaired) electrons. The molecule has 102 valence electrons. The van der Waals surface area contributed by atoms with Gasteiger partial charge in [0.15, 0.2) is 0 Å². The molecule has 0 atom stereocenters. The molecule has 0 amide bonds. The van der Waals surface area contributed by atoms with E-state index in [1.165, 1.54) is 11.1 Å². The van der Waals surface area contributed by atoms with Crippen molar-refractivity contribution in [2.45, 2.75) is 19.7 Å². The van der Waals surface area contributed by atoms with Crippen LogP contribution in [0.5, 0.6) is 0 Å². The zero-order valence-corrected chi connectivity index (χ0v) is 11.2. The molecule has 1 aromatic carbocycles. The van der Waals surface area contributed by atoms with E-state index in [4.69, 9.17) is 5.11 Å². The lowest BCUT2D eigenvalue weighted by Gasteiger charge is -2.05. The van der Waals surface area contributed by atoms with Crippen molar-refractivity contribution in [3.05, 3.63) is 71.5 Å². The van der Waals surface area contributed by atoms with Crippen molar-refractivity contribution in [1.82, 2.24) is 14.9 Å². The van der Waals surface area contributed by atoms with Crippen molar-refractivity contribution in [2.75, 3.05) is 0 Å². The van der Waals surface area contributed by atoms with Crippen LogP contribution in [-0.2, 0) is 19.7 Å². The summed E-state index contributed by atoms with van der Waals surface area (Å²) < 4.78 is 1.88. The lowest BCUT2D eigenvalue weighted by molar-refractivity contribution is 0.282. The van der Waals surface area contributed by atoms with E-state index < -0.39 is 0 Å². The number of nitrogens with zero attached hydrogens (tertiary/aromatic N) is 2. The van der Waals surface area contributed by atoms with Gasteiger partial charge in [0.05, 0.1) is 18.3 Å². The quantitative estimate of drug-likeness (QED) is 0.744. The highest BCUT2D eigenvalue weighted by Crippen LogP contribution is 2.10. The molecule has 4 heteroatoms. The van der Waals surface area contributed by atoms with Gasteiger partial charge in [-0.25, -0.2) is 4.52 Å². The third-order valence-electron chi connectivity index (χ3n) is 3.36. The van der Waals surface area contributed by atoms with Crippen LogP contribution in [0.15, 0.2) is 54.9 Å². The molecule has 0 bridgehead atoms. The molecule has 0 spiro atoms. The summed E-state index contributed by atoms with van der Waals surface area (Å²) in [4.78, 5) is 0. The van der Waals surface area contributed by atoms with Crippen LogP contribution in [0.2, 0.25) is 0 Å². The molecule has 0 fully saturated rings. The minimum absolute atomic E-state index is 0.0934. The van der Waals surface area contributed by atoms with Crippen LogP contribution >= 0.6 is 0 Å². The Hall–Kier alpha value is -2.17. The predicted molar refractivity (Wildman–Crippen MR) is 78.1 cm³/mol. The summed E-state index contributed by atoms with van der Waals surface area (Å²) in [5.41, 5.74) is 4.48. The lowest BCUT2D eigenvalue weighted by Crippen LogP contribution is -2.12. The number of aromatic nitrogens is 2. The molecule has 2 N–H and O–H groups in total. The van der Waals surface area contributed by atoms with Crippen molar-refractivity contribution < 1.29 is 5.11 Å². The van der Waals surface area contributed by atoms with E-state index in [-0.39, 0.29) is 6.61 Å². The van der Waals surface area contributed by atoms with Gasteiger partial charge in [-0.1, -0.05) is 30.3 Å². The summed E-state index contributed by atoms with van der Waals surface area (Å²) in [5.74, 6) is 0. The topological polar surface area (TPSA) is 49.6 Å². The van der Waals surface area contributed by atoms with E-state index in [2.05, 4.69) is 16.5 Å². The normalized spacial score (nSPS) is 11.1. The first kappa shape index (κ1) is 12.8. The number of hydrogen-bond acceptors (Lipinski definition) is 3. The van der Waals surface area contributed by atoms with Gasteiger partial charge in [-0.15, -0.1) is 0 Å². The summed E-state index contributed by atoms with van der Waals surface area (Å²) >= 11 is 0. The zero-order chi connectivity index (χ0) is 13.8. The lowest BCUT2D eigenvalue weighted by atomic mass is 10.1. The largest absolute Gasteiger partial charge is 0.392 e. The van der Waals surface area contributed by atoms with Crippen LogP contribution in [0.25, 0.3) is 5.52 Å². The maximum atomic E-state index is 9.01. The number of benzene rings is 1. The molecule has 0 saturated heterocycles. The Morgan fingerprint density at radius 3 is 2.60 bits per heavy atom. The highest BCUT2D eigenvalue weighted by atomic mass is 16.3. The molecular formula is C16H17N3O. The Balaban J connectivity index is 1.62. The predicted octanol–water partition coefficient (Wildman–Crippen LogP) is 2.12. The van der Waals surface area contributed by atoms with E-state index in [0.717, 1.165) is 24.2 Å². The standard InChI is InChI=1S/C16H17N3O/c20-12-14-6-4-13(5-7-14)9-17-10-15-11-18-19-8-2-1-3-16(15)19/h1-8,11,17,20H,9-10,12H2. The number of hydrogen-bond donors (Lipinski definition) is 2. The van der Waals surface area contributed by atoms with Gasteiger partial charge in [-0.2, -0.15) is 5.10 Å².